The Morgan fingerprint density at radius 3 is 1.04 bits per heavy atom. The quantitative estimate of drug-likeness (QED) is 0.129. The van der Waals surface area contributed by atoms with E-state index in [-0.39, 0.29) is 0 Å². The van der Waals surface area contributed by atoms with Crippen LogP contribution in [0.25, 0.3) is 65.7 Å². The summed E-state index contributed by atoms with van der Waals surface area (Å²) in [5, 5.41) is 10.3. The van der Waals surface area contributed by atoms with Crippen molar-refractivity contribution < 1.29 is 4.57 Å². The number of hydrogen-bond acceptors (Lipinski definition) is 1. The van der Waals surface area contributed by atoms with Crippen LogP contribution in [0.1, 0.15) is 0 Å². The van der Waals surface area contributed by atoms with E-state index in [9.17, 15) is 4.57 Å². The zero-order valence-corrected chi connectivity index (χ0v) is 28.3. The summed E-state index contributed by atoms with van der Waals surface area (Å²) < 4.78 is 14.8. The highest BCUT2D eigenvalue weighted by molar-refractivity contribution is 7.85. The summed E-state index contributed by atoms with van der Waals surface area (Å²) in [5.74, 6) is 0. The van der Waals surface area contributed by atoms with Gasteiger partial charge in [0.15, 0.2) is 7.14 Å². The lowest BCUT2D eigenvalue weighted by Gasteiger charge is -2.20. The molecule has 0 bridgehead atoms. The molecule has 0 saturated carbocycles. The van der Waals surface area contributed by atoms with Crippen molar-refractivity contribution in [3.8, 4) is 33.4 Å². The van der Waals surface area contributed by atoms with E-state index in [0.717, 1.165) is 27.0 Å². The van der Waals surface area contributed by atoms with E-state index in [2.05, 4.69) is 127 Å². The van der Waals surface area contributed by atoms with Gasteiger partial charge in [-0.25, -0.2) is 0 Å². The molecule has 0 heterocycles. The normalized spacial score (nSPS) is 11.7. The molecule has 0 unspecified atom stereocenters. The van der Waals surface area contributed by atoms with Gasteiger partial charge in [0.2, 0.25) is 0 Å². The van der Waals surface area contributed by atoms with Gasteiger partial charge in [-0.1, -0.05) is 200 Å². The second kappa shape index (κ2) is 12.5. The highest BCUT2D eigenvalue weighted by atomic mass is 31.2. The van der Waals surface area contributed by atoms with Crippen LogP contribution in [0.15, 0.2) is 200 Å². The Morgan fingerprint density at radius 2 is 0.580 bits per heavy atom. The van der Waals surface area contributed by atoms with Crippen molar-refractivity contribution in [2.24, 2.45) is 0 Å². The molecule has 0 aliphatic heterocycles. The first-order valence-electron chi connectivity index (χ1n) is 17.0. The maximum Gasteiger partial charge on any atom is 0.171 e. The third-order valence-corrected chi connectivity index (χ3v) is 13.1. The SMILES string of the molecule is O=P(c1ccccc1)(c1ccccc1)c1ccc(-c2ccc(-c3ccc(-c4cccc5c6ccccc6c6ccccc6c45)cc3)cc2)cc1. The van der Waals surface area contributed by atoms with Crippen molar-refractivity contribution >= 4 is 55.4 Å². The van der Waals surface area contributed by atoms with Gasteiger partial charge < -0.3 is 4.57 Å². The van der Waals surface area contributed by atoms with Gasteiger partial charge in [-0.2, -0.15) is 0 Å². The van der Waals surface area contributed by atoms with E-state index in [4.69, 9.17) is 0 Å². The monoisotopic (exact) mass is 656 g/mol. The Kier molecular flexibility index (Phi) is 7.50. The van der Waals surface area contributed by atoms with Crippen LogP contribution in [0.5, 0.6) is 0 Å². The maximum absolute atomic E-state index is 14.8. The van der Waals surface area contributed by atoms with Crippen LogP contribution in [-0.4, -0.2) is 0 Å². The lowest BCUT2D eigenvalue weighted by molar-refractivity contribution is 0.592. The number of rotatable bonds is 6. The van der Waals surface area contributed by atoms with E-state index >= 15 is 0 Å². The fraction of sp³-hybridized carbons (Fsp3) is 0. The Balaban J connectivity index is 1.02. The summed E-state index contributed by atoms with van der Waals surface area (Å²) in [6.07, 6.45) is 0. The smallest absolute Gasteiger partial charge is 0.171 e. The van der Waals surface area contributed by atoms with E-state index in [0.29, 0.717) is 0 Å². The third kappa shape index (κ3) is 5.07. The predicted molar refractivity (Wildman–Crippen MR) is 215 cm³/mol. The van der Waals surface area contributed by atoms with Gasteiger partial charge in [0.25, 0.3) is 0 Å². The van der Waals surface area contributed by atoms with Crippen LogP contribution >= 0.6 is 7.14 Å². The summed E-state index contributed by atoms with van der Waals surface area (Å²) in [6, 6.07) is 69.8. The van der Waals surface area contributed by atoms with E-state index in [1.165, 1.54) is 54.6 Å². The van der Waals surface area contributed by atoms with Crippen LogP contribution in [-0.2, 0) is 4.57 Å². The zero-order valence-electron chi connectivity index (χ0n) is 27.4. The molecule has 0 aliphatic carbocycles. The third-order valence-electron chi connectivity index (χ3n) is 9.99. The molecular weight excluding hydrogens is 624 g/mol. The van der Waals surface area contributed by atoms with Gasteiger partial charge >= 0.3 is 0 Å². The minimum absolute atomic E-state index is 0.836. The average molecular weight is 657 g/mol. The topological polar surface area (TPSA) is 17.1 Å². The molecule has 0 saturated heterocycles. The molecule has 9 rings (SSSR count). The Hall–Kier alpha value is -6.01. The van der Waals surface area contributed by atoms with Crippen LogP contribution in [0.2, 0.25) is 0 Å². The second-order valence-corrected chi connectivity index (χ2v) is 15.6. The minimum Gasteiger partial charge on any atom is -0.309 e. The Bertz CT molecular complexity index is 2590. The number of hydrogen-bond donors (Lipinski definition) is 0. The van der Waals surface area contributed by atoms with Crippen molar-refractivity contribution in [3.05, 3.63) is 200 Å². The molecule has 50 heavy (non-hydrogen) atoms. The van der Waals surface area contributed by atoms with Crippen molar-refractivity contribution in [2.75, 3.05) is 0 Å². The molecule has 0 aliphatic rings. The summed E-state index contributed by atoms with van der Waals surface area (Å²) in [6.45, 7) is 0. The van der Waals surface area contributed by atoms with Crippen molar-refractivity contribution in [3.63, 3.8) is 0 Å². The summed E-state index contributed by atoms with van der Waals surface area (Å²) in [4.78, 5) is 0. The zero-order chi connectivity index (χ0) is 33.5. The first-order chi connectivity index (χ1) is 24.7. The summed E-state index contributed by atoms with van der Waals surface area (Å²) in [5.41, 5.74) is 7.03. The molecular formula is C48H33OP. The molecule has 0 radical (unpaired) electrons. The first kappa shape index (κ1) is 30.1. The molecule has 0 amide bonds. The van der Waals surface area contributed by atoms with Crippen molar-refractivity contribution in [2.45, 2.75) is 0 Å². The predicted octanol–water partition coefficient (Wildman–Crippen LogP) is 11.8. The molecule has 1 nitrogen and oxygen atoms in total. The number of benzene rings is 9. The molecule has 236 valence electrons. The Labute approximate surface area is 292 Å². The van der Waals surface area contributed by atoms with Gasteiger partial charge in [-0.15, -0.1) is 0 Å². The highest BCUT2D eigenvalue weighted by Gasteiger charge is 2.29. The van der Waals surface area contributed by atoms with Gasteiger partial charge in [0.1, 0.15) is 0 Å². The summed E-state index contributed by atoms with van der Waals surface area (Å²) in [7, 11) is -3.00. The fourth-order valence-corrected chi connectivity index (χ4v) is 10.1. The van der Waals surface area contributed by atoms with Gasteiger partial charge in [0, 0.05) is 15.9 Å². The molecule has 0 aromatic heterocycles. The molecule has 0 N–H and O–H groups in total. The first-order valence-corrected chi connectivity index (χ1v) is 18.7. The van der Waals surface area contributed by atoms with Crippen LogP contribution in [0.3, 0.4) is 0 Å². The highest BCUT2D eigenvalue weighted by Crippen LogP contribution is 2.43. The minimum atomic E-state index is -3.00. The largest absolute Gasteiger partial charge is 0.309 e. The second-order valence-electron chi connectivity index (χ2n) is 12.8. The van der Waals surface area contributed by atoms with E-state index in [1.807, 2.05) is 72.8 Å². The molecule has 9 aromatic carbocycles. The van der Waals surface area contributed by atoms with Crippen molar-refractivity contribution in [1.82, 2.24) is 0 Å². The molecule has 0 fully saturated rings. The Morgan fingerprint density at radius 1 is 0.260 bits per heavy atom. The van der Waals surface area contributed by atoms with E-state index in [1.54, 1.807) is 0 Å². The molecule has 0 spiro atoms. The molecule has 0 atom stereocenters. The van der Waals surface area contributed by atoms with Crippen LogP contribution < -0.4 is 15.9 Å². The number of fused-ring (bicyclic) bond motifs is 6. The molecule has 9 aromatic rings. The van der Waals surface area contributed by atoms with Gasteiger partial charge in [0.05, 0.1) is 0 Å². The summed E-state index contributed by atoms with van der Waals surface area (Å²) >= 11 is 0. The maximum atomic E-state index is 14.8. The lowest BCUT2D eigenvalue weighted by Crippen LogP contribution is -2.24. The van der Waals surface area contributed by atoms with Crippen LogP contribution in [0, 0.1) is 0 Å². The molecule has 2 heteroatoms. The fourth-order valence-electron chi connectivity index (χ4n) is 7.48. The standard InChI is InChI=1S/C48H33OP/c49-50(39-12-3-1-4-13-39,40-14-5-2-6-15-40)41-32-30-37(31-33-41)35-24-22-34(23-25-35)36-26-28-38(29-27-36)42-20-11-21-47-45-17-8-7-16-43(45)44-18-9-10-19-46(44)48(42)47/h1-33H. The lowest BCUT2D eigenvalue weighted by atomic mass is 9.89. The van der Waals surface area contributed by atoms with Crippen LogP contribution in [0.4, 0.5) is 0 Å². The van der Waals surface area contributed by atoms with Gasteiger partial charge in [-0.3, -0.25) is 0 Å². The van der Waals surface area contributed by atoms with Gasteiger partial charge in [-0.05, 0) is 65.7 Å². The van der Waals surface area contributed by atoms with Crippen molar-refractivity contribution in [1.29, 1.82) is 0 Å². The average Bonchev–Trinajstić information content (AvgIpc) is 3.21. The van der Waals surface area contributed by atoms with E-state index < -0.39 is 7.14 Å².